The zero-order valence-corrected chi connectivity index (χ0v) is 16.5. The van der Waals surface area contributed by atoms with Gasteiger partial charge in [-0.25, -0.2) is 4.98 Å². The van der Waals surface area contributed by atoms with Gasteiger partial charge in [0.05, 0.1) is 11.5 Å². The maximum atomic E-state index is 11.8. The molecule has 2 aliphatic rings. The summed E-state index contributed by atoms with van der Waals surface area (Å²) in [6.45, 7) is 3.10. The van der Waals surface area contributed by atoms with E-state index in [1.165, 1.54) is 6.92 Å². The van der Waals surface area contributed by atoms with Crippen LogP contribution in [0.15, 0.2) is 30.5 Å². The first-order valence-electron chi connectivity index (χ1n) is 10.1. The predicted octanol–water partition coefficient (Wildman–Crippen LogP) is 2.70. The molecule has 1 aliphatic heterocycles. The Bertz CT molecular complexity index is 910. The van der Waals surface area contributed by atoms with Crippen molar-refractivity contribution in [3.8, 4) is 0 Å². The molecule has 0 radical (unpaired) electrons. The van der Waals surface area contributed by atoms with Gasteiger partial charge in [-0.1, -0.05) is 0 Å². The second-order valence-electron chi connectivity index (χ2n) is 7.79. The highest BCUT2D eigenvalue weighted by molar-refractivity contribution is 5.98. The van der Waals surface area contributed by atoms with Gasteiger partial charge in [0, 0.05) is 36.7 Å². The standard InChI is InChI=1S/C21H26N6O2/c1-13(28)18-11-23-21(26-20(18)24-15-4-5-15)25-16-6-8-17(9-7-16)27-10-2-3-14(12-27)19(22)29/h6-9,11,14-15H,2-5,10,12H2,1H3,(H2,22,29)(H2,23,24,25,26). The number of amides is 1. The Morgan fingerprint density at radius 1 is 1.17 bits per heavy atom. The minimum Gasteiger partial charge on any atom is -0.371 e. The number of nitrogens with zero attached hydrogens (tertiary/aromatic N) is 3. The van der Waals surface area contributed by atoms with Crippen molar-refractivity contribution in [2.45, 2.75) is 38.6 Å². The van der Waals surface area contributed by atoms with Crippen molar-refractivity contribution in [2.24, 2.45) is 11.7 Å². The number of Topliss-reactive ketones (excluding diaryl/α,β-unsaturated/α-hetero) is 1. The summed E-state index contributed by atoms with van der Waals surface area (Å²) in [5.41, 5.74) is 7.90. The van der Waals surface area contributed by atoms with E-state index in [4.69, 9.17) is 5.73 Å². The van der Waals surface area contributed by atoms with E-state index in [0.29, 0.717) is 29.9 Å². The molecule has 1 saturated carbocycles. The molecule has 1 amide bonds. The lowest BCUT2D eigenvalue weighted by Gasteiger charge is -2.33. The van der Waals surface area contributed by atoms with E-state index < -0.39 is 0 Å². The van der Waals surface area contributed by atoms with Crippen LogP contribution in [0.25, 0.3) is 0 Å². The van der Waals surface area contributed by atoms with E-state index in [9.17, 15) is 9.59 Å². The summed E-state index contributed by atoms with van der Waals surface area (Å²) in [6, 6.07) is 8.33. The molecule has 8 heteroatoms. The van der Waals surface area contributed by atoms with Gasteiger partial charge in [0.25, 0.3) is 0 Å². The Labute approximate surface area is 169 Å². The highest BCUT2D eigenvalue weighted by Gasteiger charge is 2.25. The summed E-state index contributed by atoms with van der Waals surface area (Å²) in [5.74, 6) is 0.652. The SMILES string of the molecule is CC(=O)c1cnc(Nc2ccc(N3CCCC(C(N)=O)C3)cc2)nc1NC1CC1. The molecular formula is C21H26N6O2. The Kier molecular flexibility index (Phi) is 5.33. The molecule has 4 rings (SSSR count). The molecular weight excluding hydrogens is 368 g/mol. The zero-order chi connectivity index (χ0) is 20.4. The molecule has 4 N–H and O–H groups in total. The number of aromatic nitrogens is 2. The van der Waals surface area contributed by atoms with Crippen LogP contribution in [0.3, 0.4) is 0 Å². The van der Waals surface area contributed by atoms with Crippen LogP contribution < -0.4 is 21.3 Å². The van der Waals surface area contributed by atoms with Crippen LogP contribution in [0.2, 0.25) is 0 Å². The topological polar surface area (TPSA) is 113 Å². The summed E-state index contributed by atoms with van der Waals surface area (Å²) < 4.78 is 0. The average Bonchev–Trinajstić information content (AvgIpc) is 3.53. The predicted molar refractivity (Wildman–Crippen MR) is 113 cm³/mol. The van der Waals surface area contributed by atoms with Gasteiger partial charge in [-0.2, -0.15) is 4.98 Å². The number of nitrogens with one attached hydrogen (secondary N) is 2. The summed E-state index contributed by atoms with van der Waals surface area (Å²) >= 11 is 0. The number of benzene rings is 1. The molecule has 2 aromatic rings. The van der Waals surface area contributed by atoms with Crippen molar-refractivity contribution in [3.63, 3.8) is 0 Å². The highest BCUT2D eigenvalue weighted by atomic mass is 16.1. The molecule has 1 aromatic carbocycles. The monoisotopic (exact) mass is 394 g/mol. The zero-order valence-electron chi connectivity index (χ0n) is 16.5. The molecule has 1 aromatic heterocycles. The van der Waals surface area contributed by atoms with E-state index in [0.717, 1.165) is 43.6 Å². The van der Waals surface area contributed by atoms with E-state index in [1.54, 1.807) is 6.20 Å². The first kappa shape index (κ1) is 19.2. The first-order chi connectivity index (χ1) is 14.0. The molecule has 1 aliphatic carbocycles. The quantitative estimate of drug-likeness (QED) is 0.619. The second-order valence-corrected chi connectivity index (χ2v) is 7.79. The fourth-order valence-corrected chi connectivity index (χ4v) is 3.56. The number of anilines is 4. The lowest BCUT2D eigenvalue weighted by molar-refractivity contribution is -0.122. The van der Waals surface area contributed by atoms with E-state index in [-0.39, 0.29) is 17.6 Å². The second kappa shape index (κ2) is 8.06. The Morgan fingerprint density at radius 3 is 2.59 bits per heavy atom. The van der Waals surface area contributed by atoms with Gasteiger partial charge in [-0.15, -0.1) is 0 Å². The summed E-state index contributed by atoms with van der Waals surface area (Å²) in [5, 5.41) is 6.50. The van der Waals surface area contributed by atoms with Crippen molar-refractivity contribution in [1.82, 2.24) is 9.97 Å². The maximum Gasteiger partial charge on any atom is 0.229 e. The van der Waals surface area contributed by atoms with Crippen LogP contribution in [-0.4, -0.2) is 40.8 Å². The number of primary amides is 1. The van der Waals surface area contributed by atoms with Crippen LogP contribution in [0.4, 0.5) is 23.1 Å². The van der Waals surface area contributed by atoms with Crippen LogP contribution in [0.1, 0.15) is 43.0 Å². The lowest BCUT2D eigenvalue weighted by Crippen LogP contribution is -2.41. The van der Waals surface area contributed by atoms with Gasteiger partial charge in [0.1, 0.15) is 5.82 Å². The van der Waals surface area contributed by atoms with Crippen molar-refractivity contribution in [1.29, 1.82) is 0 Å². The smallest absolute Gasteiger partial charge is 0.229 e. The Morgan fingerprint density at radius 2 is 1.93 bits per heavy atom. The van der Waals surface area contributed by atoms with Crippen LogP contribution in [0.5, 0.6) is 0 Å². The van der Waals surface area contributed by atoms with Crippen molar-refractivity contribution in [2.75, 3.05) is 28.6 Å². The molecule has 0 bridgehead atoms. The van der Waals surface area contributed by atoms with Crippen molar-refractivity contribution >= 4 is 34.8 Å². The lowest BCUT2D eigenvalue weighted by atomic mass is 9.97. The summed E-state index contributed by atoms with van der Waals surface area (Å²) in [6.07, 6.45) is 5.57. The molecule has 1 atom stereocenters. The van der Waals surface area contributed by atoms with E-state index in [1.807, 2.05) is 24.3 Å². The molecule has 2 heterocycles. The van der Waals surface area contributed by atoms with Gasteiger partial charge in [0.15, 0.2) is 5.78 Å². The molecule has 2 fully saturated rings. The fraction of sp³-hybridized carbons (Fsp3) is 0.429. The number of nitrogens with two attached hydrogens (primary N) is 1. The third-order valence-corrected chi connectivity index (χ3v) is 5.40. The number of carbonyl (C=O) groups excluding carboxylic acids is 2. The molecule has 0 spiro atoms. The van der Waals surface area contributed by atoms with Gasteiger partial charge >= 0.3 is 0 Å². The fourth-order valence-electron chi connectivity index (χ4n) is 3.56. The molecule has 1 unspecified atom stereocenters. The van der Waals surface area contributed by atoms with Crippen molar-refractivity contribution < 1.29 is 9.59 Å². The number of hydrogen-bond acceptors (Lipinski definition) is 7. The normalized spacial score (nSPS) is 18.9. The third kappa shape index (κ3) is 4.64. The summed E-state index contributed by atoms with van der Waals surface area (Å²) in [7, 11) is 0. The minimum atomic E-state index is -0.227. The number of piperidine rings is 1. The first-order valence-corrected chi connectivity index (χ1v) is 10.1. The Balaban J connectivity index is 1.46. The molecule has 1 saturated heterocycles. The number of rotatable bonds is 7. The van der Waals surface area contributed by atoms with Gasteiger partial charge in [-0.3, -0.25) is 9.59 Å². The third-order valence-electron chi connectivity index (χ3n) is 5.40. The molecule has 152 valence electrons. The Hall–Kier alpha value is -3.16. The summed E-state index contributed by atoms with van der Waals surface area (Å²) in [4.78, 5) is 34.3. The van der Waals surface area contributed by atoms with E-state index in [2.05, 4.69) is 25.5 Å². The number of hydrogen-bond donors (Lipinski definition) is 3. The largest absolute Gasteiger partial charge is 0.371 e. The van der Waals surface area contributed by atoms with Crippen LogP contribution in [-0.2, 0) is 4.79 Å². The molecule has 8 nitrogen and oxygen atoms in total. The maximum absolute atomic E-state index is 11.8. The van der Waals surface area contributed by atoms with Gasteiger partial charge in [-0.05, 0) is 56.9 Å². The number of ketones is 1. The van der Waals surface area contributed by atoms with Gasteiger partial charge in [0.2, 0.25) is 11.9 Å². The van der Waals surface area contributed by atoms with Crippen molar-refractivity contribution in [3.05, 3.63) is 36.0 Å². The van der Waals surface area contributed by atoms with E-state index >= 15 is 0 Å². The van der Waals surface area contributed by atoms with Crippen LogP contribution >= 0.6 is 0 Å². The van der Waals surface area contributed by atoms with Crippen LogP contribution in [0, 0.1) is 5.92 Å². The highest BCUT2D eigenvalue weighted by Crippen LogP contribution is 2.28. The minimum absolute atomic E-state index is 0.0557. The van der Waals surface area contributed by atoms with Gasteiger partial charge < -0.3 is 21.3 Å². The number of carbonyl (C=O) groups is 2. The molecule has 29 heavy (non-hydrogen) atoms. The average molecular weight is 394 g/mol.